The SMILES string of the molecule is COc1c(Nc2ncc(F)c(-c3c4n(c5ccccc35)C(C)(C)COC4)n2)cc([N+](=O)[O-])c(NCCN(C)C)c1C. The van der Waals surface area contributed by atoms with Crippen LogP contribution in [-0.4, -0.2) is 65.3 Å². The predicted octanol–water partition coefficient (Wildman–Crippen LogP) is 5.45. The molecule has 0 spiro atoms. The number of nitrogens with one attached hydrogen (secondary N) is 2. The molecule has 0 fully saturated rings. The average molecular weight is 564 g/mol. The highest BCUT2D eigenvalue weighted by Gasteiger charge is 2.34. The Kier molecular flexibility index (Phi) is 7.54. The van der Waals surface area contributed by atoms with Crippen molar-refractivity contribution in [2.75, 3.05) is 51.5 Å². The van der Waals surface area contributed by atoms with Crippen molar-refractivity contribution >= 4 is 33.9 Å². The molecule has 0 unspecified atom stereocenters. The lowest BCUT2D eigenvalue weighted by atomic mass is 10.0. The minimum absolute atomic E-state index is 0.0711. The van der Waals surface area contributed by atoms with Crippen molar-refractivity contribution in [3.63, 3.8) is 0 Å². The molecule has 0 radical (unpaired) electrons. The molecule has 1 aliphatic rings. The van der Waals surface area contributed by atoms with Crippen LogP contribution in [0.4, 0.5) is 27.4 Å². The van der Waals surface area contributed by atoms with E-state index in [0.717, 1.165) is 22.8 Å². The summed E-state index contributed by atoms with van der Waals surface area (Å²) in [7, 11) is 5.34. The number of fused-ring (bicyclic) bond motifs is 3. The van der Waals surface area contributed by atoms with Crippen LogP contribution in [0.3, 0.4) is 0 Å². The molecule has 0 atom stereocenters. The van der Waals surface area contributed by atoms with Crippen molar-refractivity contribution in [3.8, 4) is 17.0 Å². The molecule has 1 aliphatic heterocycles. The van der Waals surface area contributed by atoms with Gasteiger partial charge in [-0.15, -0.1) is 0 Å². The predicted molar refractivity (Wildman–Crippen MR) is 157 cm³/mol. The van der Waals surface area contributed by atoms with E-state index in [1.54, 1.807) is 6.92 Å². The lowest BCUT2D eigenvalue weighted by molar-refractivity contribution is -0.383. The first-order valence-electron chi connectivity index (χ1n) is 13.3. The third-order valence-corrected chi connectivity index (χ3v) is 7.26. The molecule has 0 aliphatic carbocycles. The van der Waals surface area contributed by atoms with Crippen molar-refractivity contribution in [1.82, 2.24) is 19.4 Å². The highest BCUT2D eigenvalue weighted by Crippen LogP contribution is 2.43. The average Bonchev–Trinajstić information content (AvgIpc) is 3.26. The number of aromatic nitrogens is 3. The maximum Gasteiger partial charge on any atom is 0.294 e. The van der Waals surface area contributed by atoms with Gasteiger partial charge in [0, 0.05) is 41.2 Å². The van der Waals surface area contributed by atoms with Crippen LogP contribution < -0.4 is 15.4 Å². The summed E-state index contributed by atoms with van der Waals surface area (Å²) in [6.45, 7) is 7.92. The molecule has 2 aromatic heterocycles. The van der Waals surface area contributed by atoms with E-state index >= 15 is 4.39 Å². The Hall–Kier alpha value is -4.29. The van der Waals surface area contributed by atoms with E-state index in [4.69, 9.17) is 9.47 Å². The summed E-state index contributed by atoms with van der Waals surface area (Å²) < 4.78 is 29.2. The first kappa shape index (κ1) is 28.2. The minimum atomic E-state index is -0.590. The number of para-hydroxylation sites is 1. The van der Waals surface area contributed by atoms with Gasteiger partial charge in [0.05, 0.1) is 48.4 Å². The standard InChI is InChI=1S/C29H34FN7O4/c1-17-25(31-11-12-35(4)5)22(37(38)39)13-20(27(17)40-6)33-28-32-14-19(30)26(34-28)24-18-9-7-8-10-21(18)36-23(24)15-41-16-29(36,2)3/h7-10,13-14,31H,11-12,15-16H2,1-6H3,(H,32,33,34). The lowest BCUT2D eigenvalue weighted by Gasteiger charge is -2.34. The molecule has 0 saturated carbocycles. The van der Waals surface area contributed by atoms with Crippen LogP contribution in [-0.2, 0) is 16.9 Å². The van der Waals surface area contributed by atoms with E-state index in [2.05, 4.69) is 39.0 Å². The molecule has 216 valence electrons. The molecule has 0 amide bonds. The van der Waals surface area contributed by atoms with Gasteiger partial charge >= 0.3 is 0 Å². The highest BCUT2D eigenvalue weighted by atomic mass is 19.1. The van der Waals surface area contributed by atoms with E-state index in [1.165, 1.54) is 13.2 Å². The van der Waals surface area contributed by atoms with Gasteiger partial charge in [0.25, 0.3) is 5.69 Å². The zero-order chi connectivity index (χ0) is 29.5. The van der Waals surface area contributed by atoms with Crippen molar-refractivity contribution in [2.45, 2.75) is 32.9 Å². The number of benzene rings is 2. The largest absolute Gasteiger partial charge is 0.494 e. The quantitative estimate of drug-likeness (QED) is 0.202. The van der Waals surface area contributed by atoms with Gasteiger partial charge in [0.2, 0.25) is 5.95 Å². The molecule has 11 nitrogen and oxygen atoms in total. The summed E-state index contributed by atoms with van der Waals surface area (Å²) in [5.41, 5.74) is 3.27. The third kappa shape index (κ3) is 5.16. The third-order valence-electron chi connectivity index (χ3n) is 7.26. The van der Waals surface area contributed by atoms with Crippen molar-refractivity contribution < 1.29 is 18.8 Å². The van der Waals surface area contributed by atoms with Crippen molar-refractivity contribution in [3.05, 3.63) is 63.7 Å². The summed E-state index contributed by atoms with van der Waals surface area (Å²) in [5.74, 6) is -0.131. The van der Waals surface area contributed by atoms with Crippen molar-refractivity contribution in [2.24, 2.45) is 0 Å². The van der Waals surface area contributed by atoms with Crippen LogP contribution >= 0.6 is 0 Å². The minimum Gasteiger partial charge on any atom is -0.494 e. The molecular formula is C29H34FN7O4. The van der Waals surface area contributed by atoms with E-state index in [-0.39, 0.29) is 22.9 Å². The van der Waals surface area contributed by atoms with E-state index in [0.29, 0.717) is 54.6 Å². The molecule has 4 aromatic rings. The highest BCUT2D eigenvalue weighted by molar-refractivity contribution is 5.98. The Labute approximate surface area is 237 Å². The number of rotatable bonds is 9. The summed E-state index contributed by atoms with van der Waals surface area (Å²) >= 11 is 0. The number of hydrogen-bond acceptors (Lipinski definition) is 9. The number of nitrogens with zero attached hydrogens (tertiary/aromatic N) is 5. The van der Waals surface area contributed by atoms with E-state index < -0.39 is 10.7 Å². The summed E-state index contributed by atoms with van der Waals surface area (Å²) in [6.07, 6.45) is 1.10. The van der Waals surface area contributed by atoms with Crippen LogP contribution in [0.15, 0.2) is 36.5 Å². The van der Waals surface area contributed by atoms with Gasteiger partial charge in [-0.1, -0.05) is 18.2 Å². The molecule has 0 saturated heterocycles. The van der Waals surface area contributed by atoms with Gasteiger partial charge in [-0.05, 0) is 40.9 Å². The molecule has 3 heterocycles. The van der Waals surface area contributed by atoms with E-state index in [9.17, 15) is 10.1 Å². The summed E-state index contributed by atoms with van der Waals surface area (Å²) in [5, 5.41) is 19.1. The molecular weight excluding hydrogens is 529 g/mol. The van der Waals surface area contributed by atoms with Crippen LogP contribution in [0.2, 0.25) is 0 Å². The second kappa shape index (κ2) is 10.9. The Morgan fingerprint density at radius 3 is 2.76 bits per heavy atom. The zero-order valence-electron chi connectivity index (χ0n) is 24.0. The number of hydrogen-bond donors (Lipinski definition) is 2. The zero-order valence-corrected chi connectivity index (χ0v) is 24.0. The fourth-order valence-corrected chi connectivity index (χ4v) is 5.48. The fourth-order valence-electron chi connectivity index (χ4n) is 5.48. The number of anilines is 3. The Morgan fingerprint density at radius 1 is 1.29 bits per heavy atom. The number of nitro benzene ring substituents is 1. The lowest BCUT2D eigenvalue weighted by Crippen LogP contribution is -2.37. The second-order valence-corrected chi connectivity index (χ2v) is 11.0. The number of methoxy groups -OCH3 is 1. The topological polar surface area (TPSA) is 120 Å². The molecule has 2 aromatic carbocycles. The van der Waals surface area contributed by atoms with Gasteiger partial charge in [-0.25, -0.2) is 14.4 Å². The monoisotopic (exact) mass is 563 g/mol. The van der Waals surface area contributed by atoms with Crippen LogP contribution in [0, 0.1) is 22.9 Å². The Morgan fingerprint density at radius 2 is 2.05 bits per heavy atom. The molecule has 12 heteroatoms. The first-order chi connectivity index (χ1) is 19.5. The summed E-state index contributed by atoms with van der Waals surface area (Å²) in [6, 6.07) is 9.19. The number of nitro groups is 1. The molecule has 5 rings (SSSR count). The normalized spacial score (nSPS) is 14.2. The fraction of sp³-hybridized carbons (Fsp3) is 0.379. The van der Waals surface area contributed by atoms with Crippen LogP contribution in [0.25, 0.3) is 22.2 Å². The second-order valence-electron chi connectivity index (χ2n) is 11.0. The maximum atomic E-state index is 15.4. The van der Waals surface area contributed by atoms with Crippen molar-refractivity contribution in [1.29, 1.82) is 0 Å². The summed E-state index contributed by atoms with van der Waals surface area (Å²) in [4.78, 5) is 22.3. The number of halogens is 1. The maximum absolute atomic E-state index is 15.4. The smallest absolute Gasteiger partial charge is 0.294 e. The number of likely N-dealkylation sites (N-methyl/N-ethyl adjacent to an activating group) is 1. The molecule has 2 N–H and O–H groups in total. The Balaban J connectivity index is 1.60. The van der Waals surface area contributed by atoms with Gasteiger partial charge in [-0.2, -0.15) is 0 Å². The first-order valence-corrected chi connectivity index (χ1v) is 13.3. The van der Waals surface area contributed by atoms with E-state index in [1.807, 2.05) is 43.3 Å². The number of ether oxygens (including phenoxy) is 2. The van der Waals surface area contributed by atoms with Gasteiger partial charge in [-0.3, -0.25) is 10.1 Å². The van der Waals surface area contributed by atoms with Gasteiger partial charge in [0.1, 0.15) is 17.1 Å². The Bertz CT molecular complexity index is 1630. The van der Waals surface area contributed by atoms with Gasteiger partial charge < -0.3 is 29.6 Å². The van der Waals surface area contributed by atoms with Gasteiger partial charge in [0.15, 0.2) is 5.82 Å². The molecule has 0 bridgehead atoms. The van der Waals surface area contributed by atoms with Crippen LogP contribution in [0.5, 0.6) is 5.75 Å². The molecule has 41 heavy (non-hydrogen) atoms. The van der Waals surface area contributed by atoms with Crippen LogP contribution in [0.1, 0.15) is 25.1 Å².